The van der Waals surface area contributed by atoms with Gasteiger partial charge in [0.05, 0.1) is 12.8 Å². The molecule has 5 heteroatoms. The Bertz CT molecular complexity index is 558. The van der Waals surface area contributed by atoms with E-state index in [0.717, 1.165) is 17.1 Å². The molecule has 2 rings (SSSR count). The van der Waals surface area contributed by atoms with Crippen molar-refractivity contribution in [2.24, 2.45) is 0 Å². The third-order valence-electron chi connectivity index (χ3n) is 2.47. The van der Waals surface area contributed by atoms with E-state index in [-0.39, 0.29) is 5.92 Å². The highest BCUT2D eigenvalue weighted by atomic mass is 35.5. The second-order valence-electron chi connectivity index (χ2n) is 4.18. The first-order valence-electron chi connectivity index (χ1n) is 5.65. The zero-order valence-electron chi connectivity index (χ0n) is 10.5. The van der Waals surface area contributed by atoms with Gasteiger partial charge in [0.25, 0.3) is 0 Å². The predicted octanol–water partition coefficient (Wildman–Crippen LogP) is 3.32. The lowest BCUT2D eigenvalue weighted by Crippen LogP contribution is -1.99. The highest BCUT2D eigenvalue weighted by Crippen LogP contribution is 2.24. The average molecular weight is 264 g/mol. The fraction of sp³-hybridized carbons (Fsp3) is 0.308. The van der Waals surface area contributed by atoms with Gasteiger partial charge in [0.2, 0.25) is 5.88 Å². The van der Waals surface area contributed by atoms with E-state index in [0.29, 0.717) is 11.0 Å². The maximum absolute atomic E-state index is 6.02. The molecule has 2 aromatic heterocycles. The van der Waals surface area contributed by atoms with Gasteiger partial charge in [-0.2, -0.15) is 0 Å². The third-order valence-corrected chi connectivity index (χ3v) is 2.66. The topological polar surface area (TPSA) is 47.9 Å². The van der Waals surface area contributed by atoms with Crippen molar-refractivity contribution in [1.29, 1.82) is 0 Å². The number of pyridine rings is 1. The molecule has 2 aromatic rings. The van der Waals surface area contributed by atoms with E-state index in [1.54, 1.807) is 19.4 Å². The van der Waals surface area contributed by atoms with Crippen LogP contribution in [0.1, 0.15) is 25.6 Å². The molecule has 18 heavy (non-hydrogen) atoms. The Kier molecular flexibility index (Phi) is 3.77. The summed E-state index contributed by atoms with van der Waals surface area (Å²) in [6.45, 7) is 4.06. The van der Waals surface area contributed by atoms with Crippen LogP contribution in [0.4, 0.5) is 0 Å². The number of aromatic nitrogens is 3. The average Bonchev–Trinajstić information content (AvgIpc) is 2.38. The van der Waals surface area contributed by atoms with Gasteiger partial charge in [-0.1, -0.05) is 25.4 Å². The van der Waals surface area contributed by atoms with Crippen LogP contribution in [0.5, 0.6) is 5.88 Å². The van der Waals surface area contributed by atoms with Gasteiger partial charge in [0.1, 0.15) is 11.0 Å². The molecule has 0 aromatic carbocycles. The van der Waals surface area contributed by atoms with Crippen LogP contribution in [-0.2, 0) is 0 Å². The molecule has 0 aliphatic rings. The molecule has 0 radical (unpaired) electrons. The summed E-state index contributed by atoms with van der Waals surface area (Å²) < 4.78 is 5.10. The van der Waals surface area contributed by atoms with Crippen LogP contribution in [0.3, 0.4) is 0 Å². The number of rotatable bonds is 3. The minimum atomic E-state index is 0.228. The Hall–Kier alpha value is -1.68. The van der Waals surface area contributed by atoms with Crippen molar-refractivity contribution in [1.82, 2.24) is 15.0 Å². The monoisotopic (exact) mass is 263 g/mol. The first-order chi connectivity index (χ1) is 8.60. The van der Waals surface area contributed by atoms with Crippen LogP contribution in [-0.4, -0.2) is 22.1 Å². The highest BCUT2D eigenvalue weighted by molar-refractivity contribution is 6.29. The van der Waals surface area contributed by atoms with Crippen LogP contribution in [0, 0.1) is 0 Å². The quantitative estimate of drug-likeness (QED) is 0.797. The molecule has 0 saturated heterocycles. The van der Waals surface area contributed by atoms with Crippen LogP contribution < -0.4 is 4.74 Å². The van der Waals surface area contributed by atoms with Crippen molar-refractivity contribution < 1.29 is 4.74 Å². The molecule has 0 bridgehead atoms. The SMILES string of the molecule is COc1cc(-c2cc(Cl)nc(C(C)C)n2)ccn1. The van der Waals surface area contributed by atoms with Crippen molar-refractivity contribution in [2.45, 2.75) is 19.8 Å². The molecular weight excluding hydrogens is 250 g/mol. The lowest BCUT2D eigenvalue weighted by atomic mass is 10.1. The number of hydrogen-bond donors (Lipinski definition) is 0. The van der Waals surface area contributed by atoms with Crippen molar-refractivity contribution in [2.75, 3.05) is 7.11 Å². The molecule has 0 fully saturated rings. The fourth-order valence-electron chi connectivity index (χ4n) is 1.52. The van der Waals surface area contributed by atoms with Crippen LogP contribution in [0.2, 0.25) is 5.15 Å². The van der Waals surface area contributed by atoms with Gasteiger partial charge in [0, 0.05) is 29.8 Å². The summed E-state index contributed by atoms with van der Waals surface area (Å²) in [5.41, 5.74) is 1.69. The van der Waals surface area contributed by atoms with Gasteiger partial charge in [-0.05, 0) is 6.07 Å². The molecule has 0 amide bonds. The maximum atomic E-state index is 6.02. The number of halogens is 1. The van der Waals surface area contributed by atoms with E-state index in [4.69, 9.17) is 16.3 Å². The molecule has 0 unspecified atom stereocenters. The van der Waals surface area contributed by atoms with Crippen molar-refractivity contribution >= 4 is 11.6 Å². The Morgan fingerprint density at radius 3 is 2.67 bits per heavy atom. The third kappa shape index (κ3) is 2.76. The summed E-state index contributed by atoms with van der Waals surface area (Å²) in [7, 11) is 1.58. The van der Waals surface area contributed by atoms with Crippen molar-refractivity contribution in [3.05, 3.63) is 35.4 Å². The van der Waals surface area contributed by atoms with Crippen LogP contribution in [0.15, 0.2) is 24.4 Å². The standard InChI is InChI=1S/C13H14ClN3O/c1-8(2)13-16-10(7-11(14)17-13)9-4-5-15-12(6-9)18-3/h4-8H,1-3H3. The summed E-state index contributed by atoms with van der Waals surface area (Å²) in [5.74, 6) is 1.51. The van der Waals surface area contributed by atoms with Gasteiger partial charge in [0.15, 0.2) is 0 Å². The minimum Gasteiger partial charge on any atom is -0.481 e. The van der Waals surface area contributed by atoms with Crippen molar-refractivity contribution in [3.63, 3.8) is 0 Å². The molecule has 0 spiro atoms. The van der Waals surface area contributed by atoms with Gasteiger partial charge in [-0.3, -0.25) is 0 Å². The van der Waals surface area contributed by atoms with E-state index < -0.39 is 0 Å². The smallest absolute Gasteiger partial charge is 0.213 e. The first kappa shape index (κ1) is 12.8. The molecule has 0 aliphatic carbocycles. The Balaban J connectivity index is 2.49. The second-order valence-corrected chi connectivity index (χ2v) is 4.56. The summed E-state index contributed by atoms with van der Waals surface area (Å²) in [6.07, 6.45) is 1.68. The van der Waals surface area contributed by atoms with E-state index in [2.05, 4.69) is 15.0 Å². The molecule has 0 atom stereocenters. The zero-order valence-corrected chi connectivity index (χ0v) is 11.3. The van der Waals surface area contributed by atoms with Gasteiger partial charge in [-0.25, -0.2) is 15.0 Å². The molecule has 4 nitrogen and oxygen atoms in total. The highest BCUT2D eigenvalue weighted by Gasteiger charge is 2.09. The zero-order chi connectivity index (χ0) is 13.1. The first-order valence-corrected chi connectivity index (χ1v) is 6.03. The molecule has 2 heterocycles. The fourth-order valence-corrected chi connectivity index (χ4v) is 1.71. The lowest BCUT2D eigenvalue weighted by Gasteiger charge is -2.08. The Morgan fingerprint density at radius 2 is 2.00 bits per heavy atom. The van der Waals surface area contributed by atoms with E-state index in [1.807, 2.05) is 26.0 Å². The van der Waals surface area contributed by atoms with Crippen LogP contribution in [0.25, 0.3) is 11.3 Å². The Morgan fingerprint density at radius 1 is 1.22 bits per heavy atom. The summed E-state index contributed by atoms with van der Waals surface area (Å²) >= 11 is 6.02. The molecule has 0 aliphatic heterocycles. The Labute approximate surface area is 111 Å². The lowest BCUT2D eigenvalue weighted by molar-refractivity contribution is 0.398. The van der Waals surface area contributed by atoms with Gasteiger partial charge < -0.3 is 4.74 Å². The summed E-state index contributed by atoms with van der Waals surface area (Å²) in [4.78, 5) is 12.8. The van der Waals surface area contributed by atoms with Gasteiger partial charge in [-0.15, -0.1) is 0 Å². The normalized spacial score (nSPS) is 10.7. The summed E-state index contributed by atoms with van der Waals surface area (Å²) in [5, 5.41) is 0.444. The number of ether oxygens (including phenoxy) is 1. The molecule has 94 valence electrons. The van der Waals surface area contributed by atoms with Gasteiger partial charge >= 0.3 is 0 Å². The van der Waals surface area contributed by atoms with E-state index in [1.165, 1.54) is 0 Å². The maximum Gasteiger partial charge on any atom is 0.213 e. The second kappa shape index (κ2) is 5.31. The summed E-state index contributed by atoms with van der Waals surface area (Å²) in [6, 6.07) is 5.43. The number of nitrogens with zero attached hydrogens (tertiary/aromatic N) is 3. The van der Waals surface area contributed by atoms with Crippen molar-refractivity contribution in [3.8, 4) is 17.1 Å². The van der Waals surface area contributed by atoms with Crippen LogP contribution >= 0.6 is 11.6 Å². The minimum absolute atomic E-state index is 0.228. The molecular formula is C13H14ClN3O. The predicted molar refractivity (Wildman–Crippen MR) is 70.9 cm³/mol. The number of methoxy groups -OCH3 is 1. The molecule has 0 N–H and O–H groups in total. The number of hydrogen-bond acceptors (Lipinski definition) is 4. The van der Waals surface area contributed by atoms with E-state index in [9.17, 15) is 0 Å². The molecule has 0 saturated carbocycles. The largest absolute Gasteiger partial charge is 0.481 e. The van der Waals surface area contributed by atoms with E-state index >= 15 is 0 Å².